The quantitative estimate of drug-likeness (QED) is 0.356. The number of nitrogens with zero attached hydrogens (tertiary/aromatic N) is 2. The summed E-state index contributed by atoms with van der Waals surface area (Å²) < 4.78 is 57.8. The summed E-state index contributed by atoms with van der Waals surface area (Å²) >= 11 is 0. The van der Waals surface area contributed by atoms with Crippen LogP contribution >= 0.6 is 0 Å². The Bertz CT molecular complexity index is 1350. The zero-order valence-corrected chi connectivity index (χ0v) is 25.9. The van der Waals surface area contributed by atoms with Gasteiger partial charge >= 0.3 is 12.1 Å². The molecule has 11 heteroatoms. The minimum atomic E-state index is -4.58. The van der Waals surface area contributed by atoms with Gasteiger partial charge < -0.3 is 24.4 Å². The fraction of sp³-hybridized carbons (Fsp3) is 0.606. The van der Waals surface area contributed by atoms with Crippen LogP contribution in [0.2, 0.25) is 0 Å². The van der Waals surface area contributed by atoms with E-state index in [9.17, 15) is 22.8 Å². The third-order valence-corrected chi connectivity index (χ3v) is 8.96. The number of halogens is 3. The molecule has 1 aromatic heterocycles. The highest BCUT2D eigenvalue weighted by molar-refractivity contribution is 5.89. The molecule has 5 rings (SSSR count). The van der Waals surface area contributed by atoms with Crippen LogP contribution in [-0.4, -0.2) is 60.3 Å². The standard InChI is InChI=1S/C33H42F3N3O5/c1-6-43-31(41)28-25(32(2,3)4)26(37-17-20-16-21(33(34,35)36)18-38-29(20)42-5)27(39(28)30(40)24-12-9-15-44-24)23-11-8-7-10-22(23)19-13-14-19/h7-8,10-11,16,18-19,24-28,37H,6,9,12-15,17H2,1-5H3/t24-,25-,26-,27-,28-/m0/s1. The van der Waals surface area contributed by atoms with Crippen molar-refractivity contribution in [1.29, 1.82) is 0 Å². The monoisotopic (exact) mass is 617 g/mol. The highest BCUT2D eigenvalue weighted by Crippen LogP contribution is 2.52. The topological polar surface area (TPSA) is 90.0 Å². The number of likely N-dealkylation sites (tertiary alicyclic amines) is 1. The molecule has 8 nitrogen and oxygen atoms in total. The van der Waals surface area contributed by atoms with Gasteiger partial charge in [0.05, 0.1) is 25.3 Å². The van der Waals surface area contributed by atoms with Crippen molar-refractivity contribution >= 4 is 11.9 Å². The molecule has 1 aliphatic carbocycles. The zero-order chi connectivity index (χ0) is 31.8. The average molecular weight is 618 g/mol. The second-order valence-corrected chi connectivity index (χ2v) is 13.0. The Labute approximate surface area is 256 Å². The van der Waals surface area contributed by atoms with Gasteiger partial charge in [0.2, 0.25) is 5.88 Å². The van der Waals surface area contributed by atoms with Crippen molar-refractivity contribution in [2.45, 2.75) is 96.2 Å². The van der Waals surface area contributed by atoms with Crippen molar-refractivity contribution in [1.82, 2.24) is 15.2 Å². The van der Waals surface area contributed by atoms with Gasteiger partial charge in [-0.3, -0.25) is 4.79 Å². The molecule has 3 fully saturated rings. The summed E-state index contributed by atoms with van der Waals surface area (Å²) in [6, 6.07) is 6.93. The number of methoxy groups -OCH3 is 1. The Kier molecular flexibility index (Phi) is 9.28. The fourth-order valence-electron chi connectivity index (χ4n) is 6.94. The van der Waals surface area contributed by atoms with Gasteiger partial charge in [-0.05, 0) is 61.1 Å². The first kappa shape index (κ1) is 32.2. The summed E-state index contributed by atoms with van der Waals surface area (Å²) in [5.41, 5.74) is 0.854. The lowest BCUT2D eigenvalue weighted by Crippen LogP contribution is -2.50. The van der Waals surface area contributed by atoms with E-state index in [2.05, 4.69) is 16.4 Å². The van der Waals surface area contributed by atoms with Gasteiger partial charge in [0.1, 0.15) is 12.1 Å². The number of rotatable bonds is 9. The van der Waals surface area contributed by atoms with Crippen LogP contribution in [0.1, 0.15) is 87.6 Å². The predicted octanol–water partition coefficient (Wildman–Crippen LogP) is 5.80. The molecule has 1 N–H and O–H groups in total. The van der Waals surface area contributed by atoms with Gasteiger partial charge in [0.25, 0.3) is 5.91 Å². The molecule has 0 radical (unpaired) electrons. The molecule has 44 heavy (non-hydrogen) atoms. The second-order valence-electron chi connectivity index (χ2n) is 13.0. The van der Waals surface area contributed by atoms with E-state index in [1.807, 2.05) is 39.0 Å². The average Bonchev–Trinajstić information content (AvgIpc) is 3.54. The Morgan fingerprint density at radius 2 is 1.82 bits per heavy atom. The number of hydrogen-bond donors (Lipinski definition) is 1. The minimum Gasteiger partial charge on any atom is -0.481 e. The first-order chi connectivity index (χ1) is 20.9. The lowest BCUT2D eigenvalue weighted by Gasteiger charge is -2.36. The van der Waals surface area contributed by atoms with Gasteiger partial charge in [-0.2, -0.15) is 13.2 Å². The van der Waals surface area contributed by atoms with Gasteiger partial charge in [-0.25, -0.2) is 9.78 Å². The number of carbonyl (C=O) groups excluding carboxylic acids is 2. The number of alkyl halides is 3. The Morgan fingerprint density at radius 3 is 2.39 bits per heavy atom. The third-order valence-electron chi connectivity index (χ3n) is 8.96. The van der Waals surface area contributed by atoms with Crippen LogP contribution < -0.4 is 10.1 Å². The summed E-state index contributed by atoms with van der Waals surface area (Å²) in [6.45, 7) is 8.33. The molecule has 1 amide bonds. The van der Waals surface area contributed by atoms with Gasteiger partial charge in [0.15, 0.2) is 0 Å². The summed E-state index contributed by atoms with van der Waals surface area (Å²) in [6.07, 6.45) is -1.17. The van der Waals surface area contributed by atoms with Crippen LogP contribution in [0.15, 0.2) is 36.5 Å². The molecule has 2 saturated heterocycles. The Balaban J connectivity index is 1.66. The molecule has 1 saturated carbocycles. The maximum atomic E-state index is 14.4. The van der Waals surface area contributed by atoms with E-state index in [1.165, 1.54) is 7.11 Å². The number of nitrogens with one attached hydrogen (secondary N) is 1. The molecular weight excluding hydrogens is 575 g/mol. The van der Waals surface area contributed by atoms with E-state index in [-0.39, 0.29) is 30.5 Å². The Morgan fingerprint density at radius 1 is 1.11 bits per heavy atom. The fourth-order valence-corrected chi connectivity index (χ4v) is 6.94. The summed E-state index contributed by atoms with van der Waals surface area (Å²) in [7, 11) is 1.36. The minimum absolute atomic E-state index is 0.0308. The first-order valence-corrected chi connectivity index (χ1v) is 15.4. The molecule has 0 spiro atoms. The lowest BCUT2D eigenvalue weighted by molar-refractivity contribution is -0.160. The number of carbonyl (C=O) groups is 2. The van der Waals surface area contributed by atoms with Gasteiger partial charge in [0, 0.05) is 36.9 Å². The predicted molar refractivity (Wildman–Crippen MR) is 157 cm³/mol. The molecule has 5 atom stereocenters. The molecular formula is C33H42F3N3O5. The summed E-state index contributed by atoms with van der Waals surface area (Å²) in [5.74, 6) is -0.828. The van der Waals surface area contributed by atoms with E-state index in [0.29, 0.717) is 18.9 Å². The van der Waals surface area contributed by atoms with E-state index in [0.717, 1.165) is 42.7 Å². The normalized spacial score (nSPS) is 25.7. The van der Waals surface area contributed by atoms with Crippen molar-refractivity contribution in [3.63, 3.8) is 0 Å². The van der Waals surface area contributed by atoms with E-state index >= 15 is 0 Å². The summed E-state index contributed by atoms with van der Waals surface area (Å²) in [4.78, 5) is 33.9. The summed E-state index contributed by atoms with van der Waals surface area (Å²) in [5, 5.41) is 3.52. The molecule has 0 unspecified atom stereocenters. The van der Waals surface area contributed by atoms with Crippen LogP contribution in [0.4, 0.5) is 13.2 Å². The smallest absolute Gasteiger partial charge is 0.417 e. The number of esters is 1. The molecule has 3 aliphatic rings. The lowest BCUT2D eigenvalue weighted by atomic mass is 9.72. The van der Waals surface area contributed by atoms with Crippen molar-refractivity contribution in [2.75, 3.05) is 20.3 Å². The van der Waals surface area contributed by atoms with E-state index in [1.54, 1.807) is 11.8 Å². The largest absolute Gasteiger partial charge is 0.481 e. The zero-order valence-electron chi connectivity index (χ0n) is 25.9. The maximum absolute atomic E-state index is 14.4. The molecule has 3 heterocycles. The van der Waals surface area contributed by atoms with Crippen LogP contribution in [-0.2, 0) is 31.8 Å². The van der Waals surface area contributed by atoms with Crippen molar-refractivity contribution in [3.05, 3.63) is 58.8 Å². The second kappa shape index (κ2) is 12.7. The molecule has 240 valence electrons. The molecule has 1 aromatic carbocycles. The van der Waals surface area contributed by atoms with Crippen LogP contribution in [0, 0.1) is 11.3 Å². The number of ether oxygens (including phenoxy) is 3. The molecule has 2 aliphatic heterocycles. The van der Waals surface area contributed by atoms with Gasteiger partial charge in [-0.15, -0.1) is 0 Å². The number of aromatic nitrogens is 1. The first-order valence-electron chi connectivity index (χ1n) is 15.4. The number of amides is 1. The maximum Gasteiger partial charge on any atom is 0.417 e. The molecule has 2 aromatic rings. The number of hydrogen-bond acceptors (Lipinski definition) is 7. The third kappa shape index (κ3) is 6.44. The van der Waals surface area contributed by atoms with E-state index < -0.39 is 53.3 Å². The van der Waals surface area contributed by atoms with Gasteiger partial charge in [-0.1, -0.05) is 45.0 Å². The van der Waals surface area contributed by atoms with Crippen molar-refractivity contribution < 1.29 is 37.0 Å². The van der Waals surface area contributed by atoms with Crippen LogP contribution in [0.25, 0.3) is 0 Å². The number of benzene rings is 1. The van der Waals surface area contributed by atoms with Crippen molar-refractivity contribution in [2.24, 2.45) is 11.3 Å². The Hall–Kier alpha value is -3.18. The van der Waals surface area contributed by atoms with Crippen LogP contribution in [0.5, 0.6) is 5.88 Å². The highest BCUT2D eigenvalue weighted by Gasteiger charge is 2.59. The highest BCUT2D eigenvalue weighted by atomic mass is 19.4. The van der Waals surface area contributed by atoms with E-state index in [4.69, 9.17) is 14.2 Å². The number of pyridine rings is 1. The SMILES string of the molecule is CCOC(=O)[C@@H]1[C@@H](C(C)(C)C)[C@H](NCc2cc(C(F)(F)F)cnc2OC)[C@H](c2ccccc2C2CC2)N1C(=O)[C@@H]1CCCO1. The molecule has 0 bridgehead atoms. The van der Waals surface area contributed by atoms with Crippen LogP contribution in [0.3, 0.4) is 0 Å². The van der Waals surface area contributed by atoms with Crippen molar-refractivity contribution in [3.8, 4) is 5.88 Å².